The number of hydrogen-bond donors (Lipinski definition) is 0. The van der Waals surface area contributed by atoms with Crippen LogP contribution in [0.2, 0.25) is 0 Å². The van der Waals surface area contributed by atoms with E-state index in [1.54, 1.807) is 12.1 Å². The highest BCUT2D eigenvalue weighted by Crippen LogP contribution is 2.21. The third-order valence-corrected chi connectivity index (χ3v) is 3.09. The summed E-state index contributed by atoms with van der Waals surface area (Å²) >= 11 is 0. The van der Waals surface area contributed by atoms with Crippen molar-refractivity contribution in [3.63, 3.8) is 0 Å². The van der Waals surface area contributed by atoms with Crippen molar-refractivity contribution in [2.75, 3.05) is 0 Å². The Morgan fingerprint density at radius 3 is 2.26 bits per heavy atom. The summed E-state index contributed by atoms with van der Waals surface area (Å²) in [6, 6.07) is 13.3. The Kier molecular flexibility index (Phi) is 4.00. The molecule has 0 atom stereocenters. The predicted octanol–water partition coefficient (Wildman–Crippen LogP) is 4.09. The number of rotatable bonds is 3. The van der Waals surface area contributed by atoms with Crippen LogP contribution >= 0.6 is 0 Å². The van der Waals surface area contributed by atoms with Crippen molar-refractivity contribution >= 4 is 5.97 Å². The Morgan fingerprint density at radius 1 is 1.00 bits per heavy atom. The maximum Gasteiger partial charge on any atom is 0.343 e. The molecule has 2 heteroatoms. The first-order chi connectivity index (χ1) is 9.10. The maximum absolute atomic E-state index is 12.1. The molecule has 0 aliphatic heterocycles. The van der Waals surface area contributed by atoms with Gasteiger partial charge in [0.15, 0.2) is 0 Å². The molecular formula is C17H18O2. The number of carbonyl (C=O) groups excluding carboxylic acids is 1. The second-order valence-corrected chi connectivity index (χ2v) is 4.72. The van der Waals surface area contributed by atoms with Gasteiger partial charge in [-0.05, 0) is 44.0 Å². The SMILES string of the molecule is CCc1cc(C)ccc1OC(=O)c1ccc(C)cc1. The van der Waals surface area contributed by atoms with Crippen LogP contribution < -0.4 is 4.74 Å². The van der Waals surface area contributed by atoms with Gasteiger partial charge in [-0.3, -0.25) is 0 Å². The predicted molar refractivity (Wildman–Crippen MR) is 76.7 cm³/mol. The molecule has 0 saturated carbocycles. The van der Waals surface area contributed by atoms with Crippen molar-refractivity contribution in [3.05, 3.63) is 64.7 Å². The van der Waals surface area contributed by atoms with Gasteiger partial charge in [0.25, 0.3) is 0 Å². The molecule has 2 aromatic rings. The first kappa shape index (κ1) is 13.3. The number of benzene rings is 2. The van der Waals surface area contributed by atoms with E-state index in [0.29, 0.717) is 11.3 Å². The minimum Gasteiger partial charge on any atom is -0.423 e. The van der Waals surface area contributed by atoms with E-state index >= 15 is 0 Å². The quantitative estimate of drug-likeness (QED) is 0.609. The lowest BCUT2D eigenvalue weighted by Gasteiger charge is -2.09. The fraction of sp³-hybridized carbons (Fsp3) is 0.235. The Morgan fingerprint density at radius 2 is 1.63 bits per heavy atom. The van der Waals surface area contributed by atoms with Crippen LogP contribution in [-0.4, -0.2) is 5.97 Å². The third-order valence-electron chi connectivity index (χ3n) is 3.09. The minimum absolute atomic E-state index is 0.307. The van der Waals surface area contributed by atoms with E-state index in [2.05, 4.69) is 13.0 Å². The lowest BCUT2D eigenvalue weighted by molar-refractivity contribution is 0.0733. The molecule has 19 heavy (non-hydrogen) atoms. The molecule has 0 saturated heterocycles. The van der Waals surface area contributed by atoms with Crippen molar-refractivity contribution in [3.8, 4) is 5.75 Å². The van der Waals surface area contributed by atoms with Crippen molar-refractivity contribution < 1.29 is 9.53 Å². The fourth-order valence-corrected chi connectivity index (χ4v) is 1.93. The van der Waals surface area contributed by atoms with E-state index in [9.17, 15) is 4.79 Å². The van der Waals surface area contributed by atoms with Crippen LogP contribution in [0.4, 0.5) is 0 Å². The Labute approximate surface area is 114 Å². The van der Waals surface area contributed by atoms with Crippen molar-refractivity contribution in [1.82, 2.24) is 0 Å². The molecule has 0 aliphatic carbocycles. The lowest BCUT2D eigenvalue weighted by Crippen LogP contribution is -2.09. The second kappa shape index (κ2) is 5.70. The summed E-state index contributed by atoms with van der Waals surface area (Å²) in [7, 11) is 0. The highest BCUT2D eigenvalue weighted by atomic mass is 16.5. The van der Waals surface area contributed by atoms with Crippen LogP contribution in [0.3, 0.4) is 0 Å². The molecule has 0 N–H and O–H groups in total. The summed E-state index contributed by atoms with van der Waals surface area (Å²) in [4.78, 5) is 12.1. The average molecular weight is 254 g/mol. The molecule has 0 heterocycles. The van der Waals surface area contributed by atoms with Crippen LogP contribution in [0.25, 0.3) is 0 Å². The molecule has 0 fully saturated rings. The van der Waals surface area contributed by atoms with Gasteiger partial charge >= 0.3 is 5.97 Å². The van der Waals surface area contributed by atoms with E-state index in [0.717, 1.165) is 17.5 Å². The molecule has 0 bridgehead atoms. The lowest BCUT2D eigenvalue weighted by atomic mass is 10.1. The zero-order valence-electron chi connectivity index (χ0n) is 11.6. The molecule has 2 aromatic carbocycles. The highest BCUT2D eigenvalue weighted by molar-refractivity contribution is 5.91. The van der Waals surface area contributed by atoms with E-state index < -0.39 is 0 Å². The number of hydrogen-bond acceptors (Lipinski definition) is 2. The van der Waals surface area contributed by atoms with Gasteiger partial charge < -0.3 is 4.74 Å². The van der Waals surface area contributed by atoms with Crippen LogP contribution in [0, 0.1) is 13.8 Å². The van der Waals surface area contributed by atoms with Crippen LogP contribution in [0.1, 0.15) is 34.0 Å². The normalized spacial score (nSPS) is 10.3. The van der Waals surface area contributed by atoms with Gasteiger partial charge in [-0.2, -0.15) is 0 Å². The standard InChI is InChI=1S/C17H18O2/c1-4-14-11-13(3)7-10-16(14)19-17(18)15-8-5-12(2)6-9-15/h5-11H,4H2,1-3H3. The molecule has 0 unspecified atom stereocenters. The van der Waals surface area contributed by atoms with E-state index in [-0.39, 0.29) is 5.97 Å². The molecule has 0 radical (unpaired) electrons. The molecule has 0 amide bonds. The summed E-state index contributed by atoms with van der Waals surface area (Å²) in [6.45, 7) is 6.08. The number of aryl methyl sites for hydroxylation is 3. The molecule has 0 spiro atoms. The topological polar surface area (TPSA) is 26.3 Å². The van der Waals surface area contributed by atoms with E-state index in [4.69, 9.17) is 4.74 Å². The molecule has 2 nitrogen and oxygen atoms in total. The van der Waals surface area contributed by atoms with Crippen molar-refractivity contribution in [2.45, 2.75) is 27.2 Å². The van der Waals surface area contributed by atoms with Crippen molar-refractivity contribution in [1.29, 1.82) is 0 Å². The smallest absolute Gasteiger partial charge is 0.343 e. The first-order valence-electron chi connectivity index (χ1n) is 6.48. The van der Waals surface area contributed by atoms with Gasteiger partial charge in [-0.1, -0.05) is 42.3 Å². The third kappa shape index (κ3) is 3.22. The molecule has 0 aromatic heterocycles. The van der Waals surface area contributed by atoms with Crippen LogP contribution in [0.15, 0.2) is 42.5 Å². The minimum atomic E-state index is -0.307. The molecular weight excluding hydrogens is 236 g/mol. The van der Waals surface area contributed by atoms with Gasteiger partial charge in [-0.25, -0.2) is 4.79 Å². The summed E-state index contributed by atoms with van der Waals surface area (Å²) in [5, 5.41) is 0. The Balaban J connectivity index is 2.21. The van der Waals surface area contributed by atoms with E-state index in [1.807, 2.05) is 38.1 Å². The molecule has 2 rings (SSSR count). The molecule has 0 aliphatic rings. The number of ether oxygens (including phenoxy) is 1. The summed E-state index contributed by atoms with van der Waals surface area (Å²) in [5.41, 5.74) is 3.93. The first-order valence-corrected chi connectivity index (χ1v) is 6.48. The van der Waals surface area contributed by atoms with Gasteiger partial charge in [0.05, 0.1) is 5.56 Å². The van der Waals surface area contributed by atoms with Gasteiger partial charge in [0.2, 0.25) is 0 Å². The van der Waals surface area contributed by atoms with Gasteiger partial charge in [0, 0.05) is 0 Å². The number of esters is 1. The summed E-state index contributed by atoms with van der Waals surface area (Å²) in [6.07, 6.45) is 0.845. The number of carbonyl (C=O) groups is 1. The van der Waals surface area contributed by atoms with Crippen molar-refractivity contribution in [2.24, 2.45) is 0 Å². The highest BCUT2D eigenvalue weighted by Gasteiger charge is 2.10. The zero-order chi connectivity index (χ0) is 13.8. The van der Waals surface area contributed by atoms with Crippen LogP contribution in [0.5, 0.6) is 5.75 Å². The summed E-state index contributed by atoms with van der Waals surface area (Å²) < 4.78 is 5.48. The second-order valence-electron chi connectivity index (χ2n) is 4.72. The fourth-order valence-electron chi connectivity index (χ4n) is 1.93. The molecule has 98 valence electrons. The van der Waals surface area contributed by atoms with Gasteiger partial charge in [0.1, 0.15) is 5.75 Å². The average Bonchev–Trinajstić information content (AvgIpc) is 2.41. The van der Waals surface area contributed by atoms with E-state index in [1.165, 1.54) is 5.56 Å². The Bertz CT molecular complexity index is 583. The maximum atomic E-state index is 12.1. The van der Waals surface area contributed by atoms with Crippen LogP contribution in [-0.2, 0) is 6.42 Å². The monoisotopic (exact) mass is 254 g/mol. The van der Waals surface area contributed by atoms with Gasteiger partial charge in [-0.15, -0.1) is 0 Å². The largest absolute Gasteiger partial charge is 0.423 e. The Hall–Kier alpha value is -2.09. The summed E-state index contributed by atoms with van der Waals surface area (Å²) in [5.74, 6) is 0.345. The zero-order valence-corrected chi connectivity index (χ0v) is 11.6.